The van der Waals surface area contributed by atoms with E-state index in [2.05, 4.69) is 17.2 Å². The van der Waals surface area contributed by atoms with Crippen LogP contribution in [-0.2, 0) is 4.74 Å². The molecule has 0 fully saturated rings. The Morgan fingerprint density at radius 1 is 0.500 bits per heavy atom. The van der Waals surface area contributed by atoms with Gasteiger partial charge in [0, 0.05) is 0 Å². The van der Waals surface area contributed by atoms with E-state index in [0.717, 1.165) is 19.3 Å². The molecule has 0 aliphatic heterocycles. The second kappa shape index (κ2) is 27.8. The van der Waals surface area contributed by atoms with Crippen LogP contribution in [0.4, 0.5) is 9.59 Å². The molecule has 0 rings (SSSR count). The van der Waals surface area contributed by atoms with E-state index in [4.69, 9.17) is 9.84 Å². The minimum Gasteiger partial charge on any atom is -0.462 e. The molecule has 0 aliphatic carbocycles. The Bertz CT molecular complexity index is 483. The molecule has 2 amide bonds. The molecule has 0 spiro atoms. The molecular formula is C28H54N2O4. The molecule has 34 heavy (non-hydrogen) atoms. The summed E-state index contributed by atoms with van der Waals surface area (Å²) >= 11 is 0. The third-order valence-electron chi connectivity index (χ3n) is 6.44. The maximum atomic E-state index is 11.0. The summed E-state index contributed by atoms with van der Waals surface area (Å²) in [6.45, 7) is 2.56. The molecule has 0 aromatic carbocycles. The van der Waals surface area contributed by atoms with E-state index in [1.807, 2.05) is 0 Å². The van der Waals surface area contributed by atoms with Gasteiger partial charge in [0.05, 0.1) is 6.61 Å². The lowest BCUT2D eigenvalue weighted by molar-refractivity contribution is 0.151. The summed E-state index contributed by atoms with van der Waals surface area (Å²) in [6.07, 6.45) is 30.0. The van der Waals surface area contributed by atoms with Crippen molar-refractivity contribution in [2.75, 3.05) is 6.61 Å². The molecule has 200 valence electrons. The van der Waals surface area contributed by atoms with E-state index in [9.17, 15) is 9.59 Å². The first kappa shape index (κ1) is 32.5. The molecule has 0 saturated carbocycles. The fourth-order valence-electron chi connectivity index (χ4n) is 4.34. The van der Waals surface area contributed by atoms with Gasteiger partial charge in [0.15, 0.2) is 0 Å². The molecule has 0 atom stereocenters. The van der Waals surface area contributed by atoms with Crippen molar-refractivity contribution in [3.05, 3.63) is 0 Å². The van der Waals surface area contributed by atoms with Crippen molar-refractivity contribution < 1.29 is 19.4 Å². The fraction of sp³-hybridized carbons (Fsp3) is 0.929. The Morgan fingerprint density at radius 3 is 1.09 bits per heavy atom. The summed E-state index contributed by atoms with van der Waals surface area (Å²) in [5.74, 6) is 0. The third-order valence-corrected chi connectivity index (χ3v) is 6.44. The Morgan fingerprint density at radius 2 is 0.794 bits per heavy atom. The number of hydrogen-bond acceptors (Lipinski definition) is 3. The predicted molar refractivity (Wildman–Crippen MR) is 141 cm³/mol. The molecule has 0 bridgehead atoms. The van der Waals surface area contributed by atoms with Crippen molar-refractivity contribution in [1.82, 2.24) is 0 Å². The van der Waals surface area contributed by atoms with Gasteiger partial charge in [-0.3, -0.25) is 0 Å². The van der Waals surface area contributed by atoms with Gasteiger partial charge < -0.3 is 9.84 Å². The lowest BCUT2D eigenvalue weighted by atomic mass is 10.0. The maximum Gasteiger partial charge on any atom is 0.452 e. The highest BCUT2D eigenvalue weighted by atomic mass is 16.5. The molecule has 0 aromatic rings. The van der Waals surface area contributed by atoms with Crippen LogP contribution in [0.25, 0.3) is 0 Å². The number of hydrogen-bond donors (Lipinski definition) is 1. The van der Waals surface area contributed by atoms with Crippen LogP contribution in [0.2, 0.25) is 0 Å². The number of ether oxygens (including phenoxy) is 1. The van der Waals surface area contributed by atoms with Crippen molar-refractivity contribution in [3.8, 4) is 0 Å². The van der Waals surface area contributed by atoms with Crippen LogP contribution < -0.4 is 0 Å². The number of unbranched alkanes of at least 4 members (excludes halogenated alkanes) is 23. The van der Waals surface area contributed by atoms with Gasteiger partial charge in [-0.15, -0.1) is 0 Å². The van der Waals surface area contributed by atoms with Crippen molar-refractivity contribution in [1.29, 1.82) is 0 Å². The zero-order valence-electron chi connectivity index (χ0n) is 22.2. The number of nitrogens with zero attached hydrogens (tertiary/aromatic N) is 2. The number of azo groups is 1. The van der Waals surface area contributed by atoms with Crippen LogP contribution in [-0.4, -0.2) is 23.9 Å². The summed E-state index contributed by atoms with van der Waals surface area (Å²) in [6, 6.07) is 0. The van der Waals surface area contributed by atoms with Gasteiger partial charge in [-0.05, 0) is 6.42 Å². The standard InChI is InChI=1S/C28H54N2O4/c1-2-3-4-5-6-7-8-9-10-11-12-13-14-15-16-17-18-19-20-21-22-23-24-25-26-34-28(33)30-29-27(31)32/h2-26H2,1H3,(H,31,32). The molecule has 0 unspecified atom stereocenters. The van der Waals surface area contributed by atoms with E-state index in [-0.39, 0.29) is 6.61 Å². The number of amides is 2. The van der Waals surface area contributed by atoms with Gasteiger partial charge in [0.2, 0.25) is 0 Å². The zero-order chi connectivity index (χ0) is 25.0. The van der Waals surface area contributed by atoms with Crippen LogP contribution in [0.15, 0.2) is 10.2 Å². The van der Waals surface area contributed by atoms with E-state index < -0.39 is 12.2 Å². The minimum absolute atomic E-state index is 0.275. The Kier molecular flexibility index (Phi) is 26.6. The van der Waals surface area contributed by atoms with E-state index in [1.54, 1.807) is 0 Å². The van der Waals surface area contributed by atoms with Gasteiger partial charge in [-0.1, -0.05) is 165 Å². The highest BCUT2D eigenvalue weighted by Crippen LogP contribution is 2.15. The summed E-state index contributed by atoms with van der Waals surface area (Å²) < 4.78 is 4.78. The molecule has 0 aromatic heterocycles. The molecule has 0 heterocycles. The van der Waals surface area contributed by atoms with Gasteiger partial charge in [0.25, 0.3) is 0 Å². The molecule has 0 saturated heterocycles. The number of carbonyl (C=O) groups is 2. The average molecular weight is 483 g/mol. The number of carboxylic acid groups (broad SMARTS) is 1. The van der Waals surface area contributed by atoms with Gasteiger partial charge >= 0.3 is 12.2 Å². The smallest absolute Gasteiger partial charge is 0.452 e. The quantitative estimate of drug-likeness (QED) is 0.103. The summed E-state index contributed by atoms with van der Waals surface area (Å²) in [5, 5.41) is 13.9. The van der Waals surface area contributed by atoms with Crippen molar-refractivity contribution in [2.45, 2.75) is 161 Å². The minimum atomic E-state index is -1.49. The van der Waals surface area contributed by atoms with Crippen LogP contribution in [0.1, 0.15) is 161 Å². The summed E-state index contributed by atoms with van der Waals surface area (Å²) in [7, 11) is 0. The first-order valence-corrected chi connectivity index (χ1v) is 14.5. The highest BCUT2D eigenvalue weighted by Gasteiger charge is 2.01. The van der Waals surface area contributed by atoms with Crippen LogP contribution in [0, 0.1) is 0 Å². The van der Waals surface area contributed by atoms with Gasteiger partial charge in [-0.25, -0.2) is 9.59 Å². The first-order valence-electron chi connectivity index (χ1n) is 14.5. The number of rotatable bonds is 25. The van der Waals surface area contributed by atoms with E-state index >= 15 is 0 Å². The molecule has 1 N–H and O–H groups in total. The highest BCUT2D eigenvalue weighted by molar-refractivity contribution is 5.71. The first-order chi connectivity index (χ1) is 16.7. The maximum absolute atomic E-state index is 11.0. The Balaban J connectivity index is 3.10. The van der Waals surface area contributed by atoms with Gasteiger partial charge in [-0.2, -0.15) is 0 Å². The summed E-state index contributed by atoms with van der Waals surface area (Å²) in [4.78, 5) is 21.2. The fourth-order valence-corrected chi connectivity index (χ4v) is 4.34. The molecule has 6 heteroatoms. The summed E-state index contributed by atoms with van der Waals surface area (Å²) in [5.41, 5.74) is 0. The van der Waals surface area contributed by atoms with Crippen LogP contribution >= 0.6 is 0 Å². The predicted octanol–water partition coefficient (Wildman–Crippen LogP) is 10.6. The van der Waals surface area contributed by atoms with Crippen molar-refractivity contribution in [2.24, 2.45) is 10.2 Å². The number of carbonyl (C=O) groups excluding carboxylic acids is 1. The lowest BCUT2D eigenvalue weighted by Crippen LogP contribution is -2.01. The molecule has 0 aliphatic rings. The monoisotopic (exact) mass is 482 g/mol. The van der Waals surface area contributed by atoms with E-state index in [0.29, 0.717) is 0 Å². The van der Waals surface area contributed by atoms with Crippen molar-refractivity contribution in [3.63, 3.8) is 0 Å². The SMILES string of the molecule is CCCCCCCCCCCCCCCCCCCCCCCCCCOC(=O)N=NC(=O)O. The zero-order valence-corrected chi connectivity index (χ0v) is 22.2. The second-order valence-electron chi connectivity index (χ2n) is 9.73. The van der Waals surface area contributed by atoms with Crippen LogP contribution in [0.5, 0.6) is 0 Å². The normalized spacial score (nSPS) is 11.3. The topological polar surface area (TPSA) is 88.3 Å². The molecule has 0 radical (unpaired) electrons. The van der Waals surface area contributed by atoms with E-state index in [1.165, 1.54) is 135 Å². The molecular weight excluding hydrogens is 428 g/mol. The average Bonchev–Trinajstić information content (AvgIpc) is 2.82. The van der Waals surface area contributed by atoms with Crippen LogP contribution in [0.3, 0.4) is 0 Å². The Labute approximate surface area is 209 Å². The Hall–Kier alpha value is -1.46. The second-order valence-corrected chi connectivity index (χ2v) is 9.73. The largest absolute Gasteiger partial charge is 0.462 e. The third kappa shape index (κ3) is 28.6. The van der Waals surface area contributed by atoms with Gasteiger partial charge in [0.1, 0.15) is 0 Å². The lowest BCUT2D eigenvalue weighted by Gasteiger charge is -2.04. The molecule has 6 nitrogen and oxygen atoms in total. The van der Waals surface area contributed by atoms with Crippen molar-refractivity contribution >= 4 is 12.2 Å².